The molecule has 2 aliphatic rings. The summed E-state index contributed by atoms with van der Waals surface area (Å²) in [6.45, 7) is 3.28. The topological polar surface area (TPSA) is 69.7 Å². The number of carbonyl (C=O) groups is 1. The summed E-state index contributed by atoms with van der Waals surface area (Å²) in [5, 5.41) is 3.20. The maximum Gasteiger partial charge on any atom is 0.243 e. The zero-order valence-corrected chi connectivity index (χ0v) is 16.2. The van der Waals surface area contributed by atoms with Crippen molar-refractivity contribution in [3.8, 4) is 0 Å². The summed E-state index contributed by atoms with van der Waals surface area (Å²) in [5.41, 5.74) is 0. The Balaban J connectivity index is 1.67. The van der Waals surface area contributed by atoms with E-state index in [4.69, 9.17) is 0 Å². The molecule has 1 N–H and O–H groups in total. The van der Waals surface area contributed by atoms with E-state index in [1.165, 1.54) is 4.31 Å². The molecule has 0 bridgehead atoms. The highest BCUT2D eigenvalue weighted by Crippen LogP contribution is 2.26. The summed E-state index contributed by atoms with van der Waals surface area (Å²) in [6.07, 6.45) is 3.67. The van der Waals surface area contributed by atoms with Crippen LogP contribution in [-0.2, 0) is 14.8 Å². The van der Waals surface area contributed by atoms with Crippen LogP contribution in [0.4, 0.5) is 0 Å². The van der Waals surface area contributed by atoms with Crippen molar-refractivity contribution in [1.29, 1.82) is 0 Å². The van der Waals surface area contributed by atoms with Crippen molar-refractivity contribution < 1.29 is 13.2 Å². The molecule has 1 amide bonds. The largest absolute Gasteiger partial charge is 0.342 e. The number of likely N-dealkylation sites (tertiary alicyclic amines) is 1. The summed E-state index contributed by atoms with van der Waals surface area (Å²) in [4.78, 5) is 15.3. The van der Waals surface area contributed by atoms with Gasteiger partial charge in [0.2, 0.25) is 15.9 Å². The fraction of sp³-hybridized carbons (Fsp3) is 0.632. The molecule has 6 nitrogen and oxygen atoms in total. The van der Waals surface area contributed by atoms with Gasteiger partial charge in [-0.15, -0.1) is 0 Å². The van der Waals surface area contributed by atoms with Gasteiger partial charge in [-0.05, 0) is 57.3 Å². The van der Waals surface area contributed by atoms with E-state index >= 15 is 0 Å². The summed E-state index contributed by atoms with van der Waals surface area (Å²) in [6, 6.07) is 8.51. The molecule has 7 heteroatoms. The van der Waals surface area contributed by atoms with Gasteiger partial charge in [-0.25, -0.2) is 8.42 Å². The Labute approximate surface area is 156 Å². The molecule has 0 spiro atoms. The highest BCUT2D eigenvalue weighted by Gasteiger charge is 2.36. The molecule has 0 saturated carbocycles. The van der Waals surface area contributed by atoms with Crippen molar-refractivity contribution in [3.63, 3.8) is 0 Å². The average molecular weight is 380 g/mol. The molecule has 1 aromatic rings. The first-order chi connectivity index (χ1) is 12.5. The molecule has 26 heavy (non-hydrogen) atoms. The zero-order valence-electron chi connectivity index (χ0n) is 15.4. The Morgan fingerprint density at radius 2 is 1.85 bits per heavy atom. The molecule has 2 fully saturated rings. The lowest BCUT2D eigenvalue weighted by molar-refractivity contribution is -0.138. The van der Waals surface area contributed by atoms with Crippen LogP contribution in [0.15, 0.2) is 35.2 Å². The molecule has 0 radical (unpaired) electrons. The van der Waals surface area contributed by atoms with E-state index in [2.05, 4.69) is 5.32 Å². The van der Waals surface area contributed by atoms with Crippen LogP contribution >= 0.6 is 0 Å². The SMILES string of the molecule is CNCC1CCCN(C(=O)C2CCCN(S(=O)(=O)c3ccccc3)C2)C1. The number of hydrogen-bond acceptors (Lipinski definition) is 4. The number of carbonyl (C=O) groups excluding carboxylic acids is 1. The first kappa shape index (κ1) is 19.3. The van der Waals surface area contributed by atoms with Crippen LogP contribution in [0.5, 0.6) is 0 Å². The molecule has 2 unspecified atom stereocenters. The zero-order chi connectivity index (χ0) is 18.6. The molecule has 2 atom stereocenters. The van der Waals surface area contributed by atoms with Crippen molar-refractivity contribution in [2.24, 2.45) is 11.8 Å². The number of nitrogens with zero attached hydrogens (tertiary/aromatic N) is 2. The third kappa shape index (κ3) is 4.27. The van der Waals surface area contributed by atoms with Crippen molar-refractivity contribution in [3.05, 3.63) is 30.3 Å². The van der Waals surface area contributed by atoms with Gasteiger partial charge in [0.25, 0.3) is 0 Å². The Bertz CT molecular complexity index is 706. The van der Waals surface area contributed by atoms with Gasteiger partial charge >= 0.3 is 0 Å². The van der Waals surface area contributed by atoms with Gasteiger partial charge in [0.15, 0.2) is 0 Å². The lowest BCUT2D eigenvalue weighted by Gasteiger charge is -2.38. The number of piperidine rings is 2. The van der Waals surface area contributed by atoms with Crippen LogP contribution in [0.25, 0.3) is 0 Å². The van der Waals surface area contributed by atoms with Gasteiger partial charge in [0.1, 0.15) is 0 Å². The van der Waals surface area contributed by atoms with Crippen LogP contribution in [-0.4, -0.2) is 63.3 Å². The minimum Gasteiger partial charge on any atom is -0.342 e. The van der Waals surface area contributed by atoms with Crippen molar-refractivity contribution >= 4 is 15.9 Å². The standard InChI is InChI=1S/C19H29N3O3S/c1-20-13-16-7-5-11-21(14-16)19(23)17-8-6-12-22(15-17)26(24,25)18-9-3-2-4-10-18/h2-4,9-10,16-17,20H,5-8,11-15H2,1H3. The molecule has 0 aromatic heterocycles. The van der Waals surface area contributed by atoms with E-state index in [-0.39, 0.29) is 11.8 Å². The molecule has 2 saturated heterocycles. The number of nitrogens with one attached hydrogen (secondary N) is 1. The Hall–Kier alpha value is -1.44. The smallest absolute Gasteiger partial charge is 0.243 e. The Kier molecular flexibility index (Phi) is 6.32. The fourth-order valence-corrected chi connectivity index (χ4v) is 5.63. The lowest BCUT2D eigenvalue weighted by atomic mass is 9.93. The average Bonchev–Trinajstić information content (AvgIpc) is 2.69. The summed E-state index contributed by atoms with van der Waals surface area (Å²) < 4.78 is 27.2. The normalized spacial score (nSPS) is 25.2. The highest BCUT2D eigenvalue weighted by molar-refractivity contribution is 7.89. The van der Waals surface area contributed by atoms with Gasteiger partial charge < -0.3 is 10.2 Å². The van der Waals surface area contributed by atoms with Gasteiger partial charge in [-0.3, -0.25) is 4.79 Å². The van der Waals surface area contributed by atoms with E-state index < -0.39 is 10.0 Å². The van der Waals surface area contributed by atoms with Gasteiger partial charge in [0.05, 0.1) is 10.8 Å². The Morgan fingerprint density at radius 3 is 2.58 bits per heavy atom. The number of sulfonamides is 1. The van der Waals surface area contributed by atoms with E-state index in [1.54, 1.807) is 30.3 Å². The molecule has 1 aromatic carbocycles. The van der Waals surface area contributed by atoms with Gasteiger partial charge in [-0.1, -0.05) is 18.2 Å². The maximum atomic E-state index is 13.0. The van der Waals surface area contributed by atoms with Crippen LogP contribution in [0.3, 0.4) is 0 Å². The fourth-order valence-electron chi connectivity index (χ4n) is 4.08. The Morgan fingerprint density at radius 1 is 1.12 bits per heavy atom. The number of benzene rings is 1. The van der Waals surface area contributed by atoms with E-state index in [9.17, 15) is 13.2 Å². The molecule has 3 rings (SSSR count). The number of amides is 1. The second kappa shape index (κ2) is 8.50. The number of hydrogen-bond donors (Lipinski definition) is 1. The minimum absolute atomic E-state index is 0.124. The van der Waals surface area contributed by atoms with Gasteiger partial charge in [-0.2, -0.15) is 4.31 Å². The quantitative estimate of drug-likeness (QED) is 0.843. The first-order valence-corrected chi connectivity index (χ1v) is 10.9. The van der Waals surface area contributed by atoms with Crippen LogP contribution in [0.1, 0.15) is 25.7 Å². The van der Waals surface area contributed by atoms with Crippen LogP contribution < -0.4 is 5.32 Å². The predicted molar refractivity (Wildman–Crippen MR) is 101 cm³/mol. The molecule has 0 aliphatic carbocycles. The summed E-state index contributed by atoms with van der Waals surface area (Å²) in [5.74, 6) is 0.389. The molecule has 2 heterocycles. The number of rotatable bonds is 5. The second-order valence-corrected chi connectivity index (χ2v) is 9.30. The van der Waals surface area contributed by atoms with Crippen LogP contribution in [0, 0.1) is 11.8 Å². The van der Waals surface area contributed by atoms with Gasteiger partial charge in [0, 0.05) is 26.2 Å². The first-order valence-electron chi connectivity index (χ1n) is 9.51. The van der Waals surface area contributed by atoms with E-state index in [0.717, 1.165) is 45.3 Å². The molecule has 144 valence electrons. The summed E-state index contributed by atoms with van der Waals surface area (Å²) >= 11 is 0. The van der Waals surface area contributed by atoms with Crippen LogP contribution in [0.2, 0.25) is 0 Å². The van der Waals surface area contributed by atoms with Crippen molar-refractivity contribution in [2.45, 2.75) is 30.6 Å². The van der Waals surface area contributed by atoms with Crippen molar-refractivity contribution in [2.75, 3.05) is 39.8 Å². The lowest BCUT2D eigenvalue weighted by Crippen LogP contribution is -2.49. The van der Waals surface area contributed by atoms with E-state index in [1.807, 2.05) is 11.9 Å². The predicted octanol–water partition coefficient (Wildman–Crippen LogP) is 1.55. The third-order valence-electron chi connectivity index (χ3n) is 5.44. The second-order valence-electron chi connectivity index (χ2n) is 7.37. The third-order valence-corrected chi connectivity index (χ3v) is 7.32. The van der Waals surface area contributed by atoms with E-state index in [0.29, 0.717) is 23.9 Å². The highest BCUT2D eigenvalue weighted by atomic mass is 32.2. The monoisotopic (exact) mass is 379 g/mol. The molecular formula is C19H29N3O3S. The summed E-state index contributed by atoms with van der Waals surface area (Å²) in [7, 11) is -1.59. The molecular weight excluding hydrogens is 350 g/mol. The van der Waals surface area contributed by atoms with Crippen molar-refractivity contribution in [1.82, 2.24) is 14.5 Å². The maximum absolute atomic E-state index is 13.0. The molecule has 2 aliphatic heterocycles. The minimum atomic E-state index is -3.53.